The first-order chi connectivity index (χ1) is 6.52. The van der Waals surface area contributed by atoms with Crippen LogP contribution >= 0.6 is 11.8 Å². The third-order valence-corrected chi connectivity index (χ3v) is 3.04. The van der Waals surface area contributed by atoms with E-state index in [9.17, 15) is 13.2 Å². The average molecular weight is 231 g/mol. The molecular formula is C8H16F3NOS. The third-order valence-electron chi connectivity index (χ3n) is 1.61. The second-order valence-electron chi connectivity index (χ2n) is 2.82. The Labute approximate surface area is 86.4 Å². The molecule has 0 rings (SSSR count). The van der Waals surface area contributed by atoms with Gasteiger partial charge >= 0.3 is 6.18 Å². The lowest BCUT2D eigenvalue weighted by Crippen LogP contribution is -2.28. The van der Waals surface area contributed by atoms with Gasteiger partial charge in [-0.3, -0.25) is 0 Å². The maximum atomic E-state index is 12.3. The lowest BCUT2D eigenvalue weighted by Gasteiger charge is -2.18. The van der Waals surface area contributed by atoms with Crippen LogP contribution in [-0.2, 0) is 4.74 Å². The minimum absolute atomic E-state index is 0.0127. The molecule has 6 heteroatoms. The molecule has 2 nitrogen and oxygen atoms in total. The maximum absolute atomic E-state index is 12.3. The molecule has 86 valence electrons. The van der Waals surface area contributed by atoms with Gasteiger partial charge in [-0.25, -0.2) is 0 Å². The van der Waals surface area contributed by atoms with Crippen molar-refractivity contribution in [3.05, 3.63) is 0 Å². The van der Waals surface area contributed by atoms with Crippen LogP contribution in [0.2, 0.25) is 0 Å². The van der Waals surface area contributed by atoms with E-state index in [4.69, 9.17) is 10.5 Å². The Kier molecular flexibility index (Phi) is 7.40. The quantitative estimate of drug-likeness (QED) is 0.681. The summed E-state index contributed by atoms with van der Waals surface area (Å²) < 4.78 is 41.7. The van der Waals surface area contributed by atoms with Crippen LogP contribution in [0.25, 0.3) is 0 Å². The van der Waals surface area contributed by atoms with E-state index < -0.39 is 11.4 Å². The van der Waals surface area contributed by atoms with Crippen molar-refractivity contribution in [2.45, 2.75) is 24.3 Å². The fraction of sp³-hybridized carbons (Fsp3) is 1.00. The number of alkyl halides is 3. The summed E-state index contributed by atoms with van der Waals surface area (Å²) >= 11 is 0.908. The predicted molar refractivity (Wildman–Crippen MR) is 52.5 cm³/mol. The second kappa shape index (κ2) is 7.36. The topological polar surface area (TPSA) is 35.2 Å². The van der Waals surface area contributed by atoms with Crippen LogP contribution in [0.3, 0.4) is 0 Å². The summed E-state index contributed by atoms with van der Waals surface area (Å²) in [5.41, 5.74) is 5.12. The number of halogens is 3. The standard InChI is InChI=1S/C8H16F3NOS/c1-13-5-2-6-14-7(3-4-12)8(9,10)11/h7H,2-6,12H2,1H3. The van der Waals surface area contributed by atoms with Crippen molar-refractivity contribution >= 4 is 11.8 Å². The Morgan fingerprint density at radius 2 is 2.07 bits per heavy atom. The highest BCUT2D eigenvalue weighted by Gasteiger charge is 2.38. The summed E-state index contributed by atoms with van der Waals surface area (Å²) in [5.74, 6) is 0.456. The van der Waals surface area contributed by atoms with Gasteiger partial charge in [-0.15, -0.1) is 11.8 Å². The van der Waals surface area contributed by atoms with Crippen molar-refractivity contribution in [2.24, 2.45) is 5.73 Å². The number of ether oxygens (including phenoxy) is 1. The van der Waals surface area contributed by atoms with Crippen LogP contribution in [0, 0.1) is 0 Å². The largest absolute Gasteiger partial charge is 0.400 e. The fourth-order valence-electron chi connectivity index (χ4n) is 0.922. The molecule has 0 radical (unpaired) electrons. The molecule has 0 aliphatic heterocycles. The number of nitrogens with two attached hydrogens (primary N) is 1. The van der Waals surface area contributed by atoms with Gasteiger partial charge in [-0.05, 0) is 25.1 Å². The Hall–Kier alpha value is 0.0600. The molecule has 0 saturated heterocycles. The van der Waals surface area contributed by atoms with Crippen molar-refractivity contribution in [3.63, 3.8) is 0 Å². The molecule has 0 heterocycles. The zero-order chi connectivity index (χ0) is 11.0. The Morgan fingerprint density at radius 3 is 2.50 bits per heavy atom. The van der Waals surface area contributed by atoms with Gasteiger partial charge in [-0.1, -0.05) is 0 Å². The first kappa shape index (κ1) is 14.1. The van der Waals surface area contributed by atoms with Crippen LogP contribution in [0.5, 0.6) is 0 Å². The van der Waals surface area contributed by atoms with Crippen LogP contribution in [0.4, 0.5) is 13.2 Å². The zero-order valence-electron chi connectivity index (χ0n) is 8.14. The van der Waals surface area contributed by atoms with E-state index in [1.54, 1.807) is 0 Å². The molecule has 2 N–H and O–H groups in total. The highest BCUT2D eigenvalue weighted by molar-refractivity contribution is 7.99. The van der Waals surface area contributed by atoms with Crippen molar-refractivity contribution in [2.75, 3.05) is 26.0 Å². The van der Waals surface area contributed by atoms with Crippen LogP contribution in [0.15, 0.2) is 0 Å². The van der Waals surface area contributed by atoms with Crippen LogP contribution in [0.1, 0.15) is 12.8 Å². The van der Waals surface area contributed by atoms with Gasteiger partial charge in [-0.2, -0.15) is 13.2 Å². The zero-order valence-corrected chi connectivity index (χ0v) is 8.96. The van der Waals surface area contributed by atoms with Crippen molar-refractivity contribution in [1.29, 1.82) is 0 Å². The third kappa shape index (κ3) is 6.50. The SMILES string of the molecule is COCCCSC(CCN)C(F)(F)F. The number of rotatable bonds is 7. The van der Waals surface area contributed by atoms with Gasteiger partial charge in [0.15, 0.2) is 0 Å². The summed E-state index contributed by atoms with van der Waals surface area (Å²) in [7, 11) is 1.53. The van der Waals surface area contributed by atoms with E-state index in [1.807, 2.05) is 0 Å². The Morgan fingerprint density at radius 1 is 1.43 bits per heavy atom. The first-order valence-corrected chi connectivity index (χ1v) is 5.44. The second-order valence-corrected chi connectivity index (χ2v) is 4.14. The molecule has 0 spiro atoms. The van der Waals surface area contributed by atoms with Gasteiger partial charge in [0.1, 0.15) is 5.25 Å². The van der Waals surface area contributed by atoms with Gasteiger partial charge in [0, 0.05) is 13.7 Å². The van der Waals surface area contributed by atoms with Crippen molar-refractivity contribution in [1.82, 2.24) is 0 Å². The van der Waals surface area contributed by atoms with Crippen molar-refractivity contribution < 1.29 is 17.9 Å². The molecule has 0 aromatic rings. The van der Waals surface area contributed by atoms with E-state index in [0.717, 1.165) is 11.8 Å². The number of hydrogen-bond donors (Lipinski definition) is 1. The molecule has 14 heavy (non-hydrogen) atoms. The highest BCUT2D eigenvalue weighted by Crippen LogP contribution is 2.32. The molecule has 1 atom stereocenters. The monoisotopic (exact) mass is 231 g/mol. The van der Waals surface area contributed by atoms with E-state index in [2.05, 4.69) is 0 Å². The molecule has 0 amide bonds. The lowest BCUT2D eigenvalue weighted by molar-refractivity contribution is -0.129. The molecule has 0 aromatic carbocycles. The van der Waals surface area contributed by atoms with Gasteiger partial charge in [0.05, 0.1) is 0 Å². The van der Waals surface area contributed by atoms with E-state index in [-0.39, 0.29) is 13.0 Å². The molecule has 0 bridgehead atoms. The molecule has 0 saturated carbocycles. The first-order valence-electron chi connectivity index (χ1n) is 4.39. The Balaban J connectivity index is 3.74. The smallest absolute Gasteiger partial charge is 0.385 e. The number of hydrogen-bond acceptors (Lipinski definition) is 3. The number of methoxy groups -OCH3 is 1. The molecule has 0 aliphatic carbocycles. The van der Waals surface area contributed by atoms with E-state index in [1.165, 1.54) is 7.11 Å². The minimum atomic E-state index is -4.14. The minimum Gasteiger partial charge on any atom is -0.385 e. The summed E-state index contributed by atoms with van der Waals surface area (Å²) in [6, 6.07) is 0. The fourth-order valence-corrected chi connectivity index (χ4v) is 1.98. The number of thioether (sulfide) groups is 1. The normalized spacial score (nSPS) is 14.4. The predicted octanol–water partition coefficient (Wildman–Crippen LogP) is 2.04. The molecule has 1 unspecified atom stereocenters. The molecule has 0 aliphatic rings. The molecule has 0 aromatic heterocycles. The molecular weight excluding hydrogens is 215 g/mol. The van der Waals surface area contributed by atoms with Gasteiger partial charge in [0.25, 0.3) is 0 Å². The highest BCUT2D eigenvalue weighted by atomic mass is 32.2. The average Bonchev–Trinajstić information content (AvgIpc) is 2.08. The van der Waals surface area contributed by atoms with E-state index >= 15 is 0 Å². The summed E-state index contributed by atoms with van der Waals surface area (Å²) in [6.45, 7) is 0.571. The lowest BCUT2D eigenvalue weighted by atomic mass is 10.3. The summed E-state index contributed by atoms with van der Waals surface area (Å²) in [5, 5.41) is -1.33. The maximum Gasteiger partial charge on any atom is 0.400 e. The van der Waals surface area contributed by atoms with Crippen molar-refractivity contribution in [3.8, 4) is 0 Å². The van der Waals surface area contributed by atoms with Gasteiger partial charge in [0.2, 0.25) is 0 Å². The van der Waals surface area contributed by atoms with Crippen LogP contribution < -0.4 is 5.73 Å². The van der Waals surface area contributed by atoms with E-state index in [0.29, 0.717) is 18.8 Å². The summed E-state index contributed by atoms with van der Waals surface area (Å²) in [4.78, 5) is 0. The van der Waals surface area contributed by atoms with Gasteiger partial charge < -0.3 is 10.5 Å². The molecule has 0 fully saturated rings. The summed E-state index contributed by atoms with van der Waals surface area (Å²) in [6.07, 6.45) is -3.52. The Bertz CT molecular complexity index is 143. The van der Waals surface area contributed by atoms with Crippen LogP contribution in [-0.4, -0.2) is 37.4 Å².